The molecule has 1 aromatic carbocycles. The number of guanidine groups is 1. The van der Waals surface area contributed by atoms with Gasteiger partial charge in [0.2, 0.25) is 0 Å². The summed E-state index contributed by atoms with van der Waals surface area (Å²) in [5.74, 6) is 3.26. The molecule has 0 radical (unpaired) electrons. The molecule has 156 valence electrons. The summed E-state index contributed by atoms with van der Waals surface area (Å²) in [6.45, 7) is 9.59. The van der Waals surface area contributed by atoms with Gasteiger partial charge in [-0.1, -0.05) is 6.07 Å². The molecule has 1 unspecified atom stereocenters. The molecule has 1 aromatic rings. The van der Waals surface area contributed by atoms with E-state index in [0.717, 1.165) is 48.9 Å². The predicted molar refractivity (Wildman–Crippen MR) is 115 cm³/mol. The van der Waals surface area contributed by atoms with Crippen molar-refractivity contribution in [3.05, 3.63) is 23.8 Å². The van der Waals surface area contributed by atoms with Crippen LogP contribution in [0.4, 0.5) is 0 Å². The maximum atomic E-state index is 5.72. The number of rotatable bonds is 10. The van der Waals surface area contributed by atoms with E-state index >= 15 is 0 Å². The van der Waals surface area contributed by atoms with Gasteiger partial charge < -0.3 is 25.0 Å². The molecule has 0 bridgehead atoms. The number of ether oxygens (including phenoxy) is 2. The van der Waals surface area contributed by atoms with Crippen LogP contribution in [0.25, 0.3) is 0 Å². The van der Waals surface area contributed by atoms with Crippen LogP contribution in [-0.4, -0.2) is 63.3 Å². The molecule has 28 heavy (non-hydrogen) atoms. The summed E-state index contributed by atoms with van der Waals surface area (Å²) in [6, 6.07) is 7.08. The summed E-state index contributed by atoms with van der Waals surface area (Å²) >= 11 is 0. The van der Waals surface area contributed by atoms with Gasteiger partial charge in [-0.3, -0.25) is 4.99 Å². The monoisotopic (exact) mass is 388 g/mol. The smallest absolute Gasteiger partial charge is 0.190 e. The average Bonchev–Trinajstić information content (AvgIpc) is 3.45. The van der Waals surface area contributed by atoms with E-state index in [0.29, 0.717) is 13.2 Å². The average molecular weight is 389 g/mol. The molecule has 0 amide bonds. The van der Waals surface area contributed by atoms with Crippen molar-refractivity contribution in [2.24, 2.45) is 10.9 Å². The highest BCUT2D eigenvalue weighted by Crippen LogP contribution is 2.31. The number of hydrogen-bond acceptors (Lipinski definition) is 4. The molecule has 1 saturated carbocycles. The summed E-state index contributed by atoms with van der Waals surface area (Å²) in [5, 5.41) is 6.94. The van der Waals surface area contributed by atoms with Crippen molar-refractivity contribution >= 4 is 5.96 Å². The SMILES string of the molecule is CCOc1ccc(CCNC(=NC)NCC2CCN(C3CC3)C2)cc1OCC. The summed E-state index contributed by atoms with van der Waals surface area (Å²) in [7, 11) is 1.84. The lowest BCUT2D eigenvalue weighted by atomic mass is 10.1. The molecular formula is C22H36N4O2. The van der Waals surface area contributed by atoms with E-state index in [1.54, 1.807) is 0 Å². The van der Waals surface area contributed by atoms with Gasteiger partial charge in [-0.2, -0.15) is 0 Å². The first-order valence-corrected chi connectivity index (χ1v) is 10.8. The fraction of sp³-hybridized carbons (Fsp3) is 0.682. The standard InChI is InChI=1S/C22H36N4O2/c1-4-27-20-9-6-17(14-21(20)28-5-2)10-12-24-22(23-3)25-15-18-11-13-26(16-18)19-7-8-19/h6,9,14,18-19H,4-5,7-8,10-13,15-16H2,1-3H3,(H2,23,24,25). The summed E-state index contributed by atoms with van der Waals surface area (Å²) in [5.41, 5.74) is 1.23. The number of nitrogens with one attached hydrogen (secondary N) is 2. The normalized spacial score (nSPS) is 20.2. The van der Waals surface area contributed by atoms with Crippen molar-refractivity contribution in [2.45, 2.75) is 45.6 Å². The molecule has 6 heteroatoms. The van der Waals surface area contributed by atoms with Gasteiger partial charge in [0, 0.05) is 32.7 Å². The first kappa shape index (κ1) is 20.8. The lowest BCUT2D eigenvalue weighted by Crippen LogP contribution is -2.41. The van der Waals surface area contributed by atoms with Crippen LogP contribution in [0, 0.1) is 5.92 Å². The van der Waals surface area contributed by atoms with E-state index in [1.807, 2.05) is 27.0 Å². The molecular weight excluding hydrogens is 352 g/mol. The Morgan fingerprint density at radius 1 is 1.11 bits per heavy atom. The number of hydrogen-bond donors (Lipinski definition) is 2. The molecule has 2 N–H and O–H groups in total. The molecule has 1 atom stereocenters. The first-order chi connectivity index (χ1) is 13.7. The fourth-order valence-electron chi connectivity index (χ4n) is 3.84. The van der Waals surface area contributed by atoms with Crippen molar-refractivity contribution in [3.8, 4) is 11.5 Å². The van der Waals surface area contributed by atoms with Gasteiger partial charge in [0.25, 0.3) is 0 Å². The van der Waals surface area contributed by atoms with Crippen molar-refractivity contribution in [1.29, 1.82) is 0 Å². The third-order valence-corrected chi connectivity index (χ3v) is 5.48. The Balaban J connectivity index is 1.40. The summed E-state index contributed by atoms with van der Waals surface area (Å²) < 4.78 is 11.4. The van der Waals surface area contributed by atoms with E-state index in [2.05, 4.69) is 32.7 Å². The van der Waals surface area contributed by atoms with Crippen LogP contribution in [0.5, 0.6) is 11.5 Å². The van der Waals surface area contributed by atoms with E-state index in [1.165, 1.54) is 37.9 Å². The van der Waals surface area contributed by atoms with E-state index in [-0.39, 0.29) is 0 Å². The molecule has 1 heterocycles. The molecule has 6 nitrogen and oxygen atoms in total. The minimum Gasteiger partial charge on any atom is -0.490 e. The van der Waals surface area contributed by atoms with Crippen molar-refractivity contribution in [1.82, 2.24) is 15.5 Å². The molecule has 1 aliphatic heterocycles. The van der Waals surface area contributed by atoms with Gasteiger partial charge >= 0.3 is 0 Å². The molecule has 1 saturated heterocycles. The zero-order valence-corrected chi connectivity index (χ0v) is 17.7. The maximum absolute atomic E-state index is 5.72. The molecule has 0 spiro atoms. The van der Waals surface area contributed by atoms with Crippen LogP contribution in [0.15, 0.2) is 23.2 Å². The van der Waals surface area contributed by atoms with Crippen LogP contribution in [0.2, 0.25) is 0 Å². The Labute approximate surface area is 169 Å². The second kappa shape index (κ2) is 10.6. The fourth-order valence-corrected chi connectivity index (χ4v) is 3.84. The Hall–Kier alpha value is -1.95. The number of likely N-dealkylation sites (tertiary alicyclic amines) is 1. The van der Waals surface area contributed by atoms with E-state index < -0.39 is 0 Å². The highest BCUT2D eigenvalue weighted by atomic mass is 16.5. The minimum atomic E-state index is 0.637. The molecule has 2 fully saturated rings. The third kappa shape index (κ3) is 6.03. The Morgan fingerprint density at radius 3 is 2.61 bits per heavy atom. The molecule has 0 aromatic heterocycles. The summed E-state index contributed by atoms with van der Waals surface area (Å²) in [6.07, 6.45) is 5.01. The number of aliphatic imine (C=N–C) groups is 1. The largest absolute Gasteiger partial charge is 0.490 e. The number of benzene rings is 1. The van der Waals surface area contributed by atoms with Crippen molar-refractivity contribution in [2.75, 3.05) is 46.4 Å². The third-order valence-electron chi connectivity index (χ3n) is 5.48. The van der Waals surface area contributed by atoms with Gasteiger partial charge in [-0.15, -0.1) is 0 Å². The highest BCUT2D eigenvalue weighted by molar-refractivity contribution is 5.79. The maximum Gasteiger partial charge on any atom is 0.190 e. The lowest BCUT2D eigenvalue weighted by molar-refractivity contribution is 0.287. The van der Waals surface area contributed by atoms with Crippen LogP contribution < -0.4 is 20.1 Å². The topological polar surface area (TPSA) is 58.1 Å². The van der Waals surface area contributed by atoms with Gasteiger partial charge in [0.1, 0.15) is 0 Å². The van der Waals surface area contributed by atoms with Gasteiger partial charge in [0.05, 0.1) is 13.2 Å². The second-order valence-corrected chi connectivity index (χ2v) is 7.66. The van der Waals surface area contributed by atoms with Crippen LogP contribution in [0.1, 0.15) is 38.7 Å². The Kier molecular flexibility index (Phi) is 7.83. The zero-order valence-electron chi connectivity index (χ0n) is 17.7. The summed E-state index contributed by atoms with van der Waals surface area (Å²) in [4.78, 5) is 7.03. The molecule has 2 aliphatic rings. The molecule has 3 rings (SSSR count). The quantitative estimate of drug-likeness (QED) is 0.477. The minimum absolute atomic E-state index is 0.637. The van der Waals surface area contributed by atoms with Crippen molar-refractivity contribution < 1.29 is 9.47 Å². The van der Waals surface area contributed by atoms with Crippen LogP contribution >= 0.6 is 0 Å². The Bertz CT molecular complexity index is 645. The van der Waals surface area contributed by atoms with E-state index in [9.17, 15) is 0 Å². The Morgan fingerprint density at radius 2 is 1.89 bits per heavy atom. The van der Waals surface area contributed by atoms with E-state index in [4.69, 9.17) is 9.47 Å². The van der Waals surface area contributed by atoms with Gasteiger partial charge in [-0.05, 0) is 69.7 Å². The van der Waals surface area contributed by atoms with Crippen LogP contribution in [0.3, 0.4) is 0 Å². The number of nitrogens with zero attached hydrogens (tertiary/aromatic N) is 2. The highest BCUT2D eigenvalue weighted by Gasteiger charge is 2.34. The van der Waals surface area contributed by atoms with Gasteiger partial charge in [-0.25, -0.2) is 0 Å². The lowest BCUT2D eigenvalue weighted by Gasteiger charge is -2.17. The first-order valence-electron chi connectivity index (χ1n) is 10.8. The molecule has 1 aliphatic carbocycles. The second-order valence-electron chi connectivity index (χ2n) is 7.66. The predicted octanol–water partition coefficient (Wildman–Crippen LogP) is 2.68. The zero-order chi connectivity index (χ0) is 19.8. The van der Waals surface area contributed by atoms with Crippen molar-refractivity contribution in [3.63, 3.8) is 0 Å². The van der Waals surface area contributed by atoms with Crippen LogP contribution in [-0.2, 0) is 6.42 Å². The van der Waals surface area contributed by atoms with Gasteiger partial charge in [0.15, 0.2) is 17.5 Å².